The maximum absolute atomic E-state index is 9.38. The van der Waals surface area contributed by atoms with Crippen molar-refractivity contribution in [2.45, 2.75) is 44.7 Å². The summed E-state index contributed by atoms with van der Waals surface area (Å²) < 4.78 is 1.07. The Morgan fingerprint density at radius 1 is 1.26 bits per heavy atom. The van der Waals surface area contributed by atoms with Gasteiger partial charge in [-0.2, -0.15) is 0 Å². The number of rotatable bonds is 5. The highest BCUT2D eigenvalue weighted by Crippen LogP contribution is 2.31. The minimum atomic E-state index is 0.188. The summed E-state index contributed by atoms with van der Waals surface area (Å²) in [4.78, 5) is 2.35. The van der Waals surface area contributed by atoms with Crippen molar-refractivity contribution in [1.29, 1.82) is 0 Å². The molecular weight excluding hydrogens is 304 g/mol. The van der Waals surface area contributed by atoms with Crippen LogP contribution in [0, 0.1) is 0 Å². The van der Waals surface area contributed by atoms with Crippen LogP contribution in [0.15, 0.2) is 22.7 Å². The lowest BCUT2D eigenvalue weighted by atomic mass is 9.93. The van der Waals surface area contributed by atoms with Gasteiger partial charge in [0.2, 0.25) is 0 Å². The van der Waals surface area contributed by atoms with Crippen LogP contribution in [0.25, 0.3) is 0 Å². The molecule has 1 fully saturated rings. The Bertz CT molecular complexity index is 405. The zero-order valence-electron chi connectivity index (χ0n) is 11.3. The fourth-order valence-corrected chi connectivity index (χ4v) is 3.33. The summed E-state index contributed by atoms with van der Waals surface area (Å²) in [7, 11) is 0. The second-order valence-electron chi connectivity index (χ2n) is 5.19. The second-order valence-corrected chi connectivity index (χ2v) is 6.10. The predicted octanol–water partition coefficient (Wildman–Crippen LogP) is 3.04. The fraction of sp³-hybridized carbons (Fsp3) is 0.600. The summed E-state index contributed by atoms with van der Waals surface area (Å²) >= 11 is 3.54. The first-order chi connectivity index (χ1) is 9.26. The first-order valence-electron chi connectivity index (χ1n) is 7.12. The molecule has 0 saturated heterocycles. The highest BCUT2D eigenvalue weighted by Gasteiger charge is 2.22. The van der Waals surface area contributed by atoms with Crippen molar-refractivity contribution in [2.24, 2.45) is 5.73 Å². The number of halogens is 1. The molecule has 19 heavy (non-hydrogen) atoms. The number of nitrogens with zero attached hydrogens (tertiary/aromatic N) is 1. The predicted molar refractivity (Wildman–Crippen MR) is 83.3 cm³/mol. The van der Waals surface area contributed by atoms with E-state index in [-0.39, 0.29) is 6.61 Å². The van der Waals surface area contributed by atoms with Crippen molar-refractivity contribution in [2.75, 3.05) is 18.1 Å². The van der Waals surface area contributed by atoms with Gasteiger partial charge >= 0.3 is 0 Å². The van der Waals surface area contributed by atoms with Gasteiger partial charge in [-0.3, -0.25) is 0 Å². The Kier molecular flexibility index (Phi) is 5.67. The molecular formula is C15H23BrN2O. The summed E-state index contributed by atoms with van der Waals surface area (Å²) in [5.41, 5.74) is 8.19. The van der Waals surface area contributed by atoms with Gasteiger partial charge in [-0.05, 0) is 30.5 Å². The van der Waals surface area contributed by atoms with Gasteiger partial charge in [0.25, 0.3) is 0 Å². The molecule has 106 valence electrons. The van der Waals surface area contributed by atoms with Crippen LogP contribution in [0.1, 0.15) is 37.7 Å². The lowest BCUT2D eigenvalue weighted by Gasteiger charge is -2.37. The van der Waals surface area contributed by atoms with Crippen LogP contribution >= 0.6 is 15.9 Å². The van der Waals surface area contributed by atoms with Gasteiger partial charge in [-0.15, -0.1) is 0 Å². The third-order valence-corrected chi connectivity index (χ3v) is 4.43. The first kappa shape index (κ1) is 14.8. The van der Waals surface area contributed by atoms with E-state index in [1.54, 1.807) is 0 Å². The lowest BCUT2D eigenvalue weighted by molar-refractivity contribution is 0.290. The monoisotopic (exact) mass is 326 g/mol. The highest BCUT2D eigenvalue weighted by atomic mass is 79.9. The van der Waals surface area contributed by atoms with Crippen molar-refractivity contribution in [3.05, 3.63) is 28.2 Å². The number of aliphatic hydroxyl groups is 1. The van der Waals surface area contributed by atoms with Gasteiger partial charge in [0.05, 0.1) is 6.61 Å². The Morgan fingerprint density at radius 3 is 2.63 bits per heavy atom. The van der Waals surface area contributed by atoms with Crippen LogP contribution in [0.3, 0.4) is 0 Å². The highest BCUT2D eigenvalue weighted by molar-refractivity contribution is 9.10. The summed E-state index contributed by atoms with van der Waals surface area (Å²) in [6.45, 7) is 1.42. The minimum Gasteiger partial charge on any atom is -0.395 e. The Hall–Kier alpha value is -0.580. The van der Waals surface area contributed by atoms with Crippen LogP contribution in [0.2, 0.25) is 0 Å². The summed E-state index contributed by atoms with van der Waals surface area (Å²) in [6.07, 6.45) is 6.36. The minimum absolute atomic E-state index is 0.188. The van der Waals surface area contributed by atoms with Gasteiger partial charge < -0.3 is 15.7 Å². The quantitative estimate of drug-likeness (QED) is 0.874. The topological polar surface area (TPSA) is 49.5 Å². The third kappa shape index (κ3) is 3.71. The van der Waals surface area contributed by atoms with Crippen LogP contribution in [-0.4, -0.2) is 24.3 Å². The molecule has 0 amide bonds. The van der Waals surface area contributed by atoms with E-state index in [4.69, 9.17) is 5.73 Å². The number of hydrogen-bond acceptors (Lipinski definition) is 3. The molecule has 0 radical (unpaired) electrons. The van der Waals surface area contributed by atoms with Crippen molar-refractivity contribution < 1.29 is 5.11 Å². The van der Waals surface area contributed by atoms with E-state index >= 15 is 0 Å². The number of anilines is 1. The number of benzene rings is 1. The van der Waals surface area contributed by atoms with E-state index in [0.717, 1.165) is 10.0 Å². The molecule has 1 aliphatic carbocycles. The molecule has 2 rings (SSSR count). The van der Waals surface area contributed by atoms with Gasteiger partial charge in [0.1, 0.15) is 0 Å². The van der Waals surface area contributed by atoms with Gasteiger partial charge in [0, 0.05) is 29.3 Å². The average molecular weight is 327 g/mol. The van der Waals surface area contributed by atoms with E-state index in [0.29, 0.717) is 19.1 Å². The standard InChI is InChI=1S/C15H23BrN2O/c16-13-7-6-12(11-17)15(10-13)18(8-9-19)14-4-2-1-3-5-14/h6-7,10,14,19H,1-5,8-9,11,17H2. The van der Waals surface area contributed by atoms with E-state index in [1.165, 1.54) is 37.8 Å². The van der Waals surface area contributed by atoms with E-state index in [2.05, 4.69) is 33.0 Å². The number of hydrogen-bond donors (Lipinski definition) is 2. The number of aliphatic hydroxyl groups excluding tert-OH is 1. The zero-order valence-corrected chi connectivity index (χ0v) is 12.9. The normalized spacial score (nSPS) is 16.6. The van der Waals surface area contributed by atoms with E-state index in [9.17, 15) is 5.11 Å². The van der Waals surface area contributed by atoms with Crippen molar-refractivity contribution >= 4 is 21.6 Å². The first-order valence-corrected chi connectivity index (χ1v) is 7.91. The molecule has 0 aliphatic heterocycles. The van der Waals surface area contributed by atoms with Gasteiger partial charge in [-0.1, -0.05) is 41.3 Å². The van der Waals surface area contributed by atoms with Crippen molar-refractivity contribution in [3.8, 4) is 0 Å². The van der Waals surface area contributed by atoms with Crippen LogP contribution < -0.4 is 10.6 Å². The molecule has 1 aliphatic rings. The molecule has 4 heteroatoms. The maximum Gasteiger partial charge on any atom is 0.0606 e. The van der Waals surface area contributed by atoms with E-state index in [1.807, 2.05) is 6.07 Å². The van der Waals surface area contributed by atoms with Crippen molar-refractivity contribution in [3.63, 3.8) is 0 Å². The largest absolute Gasteiger partial charge is 0.395 e. The average Bonchev–Trinajstić information content (AvgIpc) is 2.45. The second kappa shape index (κ2) is 7.27. The molecule has 0 atom stereocenters. The third-order valence-electron chi connectivity index (χ3n) is 3.93. The molecule has 1 saturated carbocycles. The fourth-order valence-electron chi connectivity index (χ4n) is 2.98. The smallest absolute Gasteiger partial charge is 0.0606 e. The summed E-state index contributed by atoms with van der Waals surface area (Å²) in [5, 5.41) is 9.38. The molecule has 3 N–H and O–H groups in total. The van der Waals surface area contributed by atoms with Crippen LogP contribution in [-0.2, 0) is 6.54 Å². The molecule has 0 bridgehead atoms. The molecule has 0 aromatic heterocycles. The SMILES string of the molecule is NCc1ccc(Br)cc1N(CCO)C1CCCCC1. The Labute approximate surface area is 123 Å². The molecule has 0 unspecified atom stereocenters. The zero-order chi connectivity index (χ0) is 13.7. The van der Waals surface area contributed by atoms with Crippen LogP contribution in [0.5, 0.6) is 0 Å². The maximum atomic E-state index is 9.38. The number of nitrogens with two attached hydrogens (primary N) is 1. The summed E-state index contributed by atoms with van der Waals surface area (Å²) in [6, 6.07) is 6.78. The molecule has 0 heterocycles. The Morgan fingerprint density at radius 2 is 2.00 bits per heavy atom. The summed E-state index contributed by atoms with van der Waals surface area (Å²) in [5.74, 6) is 0. The molecule has 1 aromatic carbocycles. The molecule has 1 aromatic rings. The molecule has 3 nitrogen and oxygen atoms in total. The lowest BCUT2D eigenvalue weighted by Crippen LogP contribution is -2.39. The molecule has 0 spiro atoms. The van der Waals surface area contributed by atoms with Gasteiger partial charge in [0.15, 0.2) is 0 Å². The van der Waals surface area contributed by atoms with Crippen LogP contribution in [0.4, 0.5) is 5.69 Å². The Balaban J connectivity index is 2.28. The van der Waals surface area contributed by atoms with Gasteiger partial charge in [-0.25, -0.2) is 0 Å². The van der Waals surface area contributed by atoms with Crippen molar-refractivity contribution in [1.82, 2.24) is 0 Å². The van der Waals surface area contributed by atoms with E-state index < -0.39 is 0 Å².